The predicted octanol–water partition coefficient (Wildman–Crippen LogP) is 2.23. The van der Waals surface area contributed by atoms with Crippen molar-refractivity contribution in [1.29, 1.82) is 0 Å². The summed E-state index contributed by atoms with van der Waals surface area (Å²) in [6.45, 7) is 4.18. The van der Waals surface area contributed by atoms with E-state index in [0.29, 0.717) is 25.6 Å². The molecule has 3 aliphatic rings. The van der Waals surface area contributed by atoms with Gasteiger partial charge < -0.3 is 15.5 Å². The molecule has 2 N–H and O–H groups in total. The van der Waals surface area contributed by atoms with Gasteiger partial charge in [0.1, 0.15) is 0 Å². The molecule has 4 rings (SSSR count). The van der Waals surface area contributed by atoms with E-state index in [2.05, 4.69) is 50.9 Å². The van der Waals surface area contributed by atoms with E-state index in [4.69, 9.17) is 0 Å². The van der Waals surface area contributed by atoms with Gasteiger partial charge in [0.2, 0.25) is 11.8 Å². The minimum absolute atomic E-state index is 0. The minimum Gasteiger partial charge on any atom is -0.378 e. The molecule has 1 aliphatic heterocycles. The van der Waals surface area contributed by atoms with Crippen LogP contribution in [0.1, 0.15) is 18.9 Å². The van der Waals surface area contributed by atoms with Crippen molar-refractivity contribution in [2.45, 2.75) is 19.9 Å². The van der Waals surface area contributed by atoms with Crippen molar-refractivity contribution in [1.82, 2.24) is 15.5 Å². The zero-order chi connectivity index (χ0) is 21.3. The van der Waals surface area contributed by atoms with Gasteiger partial charge in [0.15, 0.2) is 5.96 Å². The number of carbonyl (C=O) groups excluding carboxylic acids is 2. The number of likely N-dealkylation sites (tertiary alicyclic amines) is 1. The summed E-state index contributed by atoms with van der Waals surface area (Å²) in [5, 5.41) is 6.50. The molecule has 0 spiro atoms. The number of hydrogen-bond acceptors (Lipinski definition) is 4. The fraction of sp³-hybridized carbons (Fsp3) is 0.522. The zero-order valence-corrected chi connectivity index (χ0v) is 20.7. The highest BCUT2D eigenvalue weighted by molar-refractivity contribution is 14.0. The number of allylic oxidation sites excluding steroid dienone is 2. The van der Waals surface area contributed by atoms with Crippen molar-refractivity contribution >= 4 is 47.4 Å². The van der Waals surface area contributed by atoms with Gasteiger partial charge in [-0.15, -0.1) is 24.0 Å². The zero-order valence-electron chi connectivity index (χ0n) is 18.4. The molecule has 1 aromatic carbocycles. The molecular formula is C23H32IN5O2. The number of anilines is 1. The Balaban J connectivity index is 0.00000272. The number of nitrogens with one attached hydrogen (secondary N) is 2. The molecule has 1 heterocycles. The molecule has 2 fully saturated rings. The smallest absolute Gasteiger partial charge is 0.233 e. The average molecular weight is 537 g/mol. The van der Waals surface area contributed by atoms with Gasteiger partial charge >= 0.3 is 0 Å². The molecule has 0 aromatic heterocycles. The lowest BCUT2D eigenvalue weighted by atomic mass is 9.85. The van der Waals surface area contributed by atoms with E-state index >= 15 is 0 Å². The van der Waals surface area contributed by atoms with Gasteiger partial charge in [0.25, 0.3) is 0 Å². The number of rotatable bonds is 7. The van der Waals surface area contributed by atoms with Crippen LogP contribution in [0.5, 0.6) is 0 Å². The summed E-state index contributed by atoms with van der Waals surface area (Å²) < 4.78 is 0. The van der Waals surface area contributed by atoms with Crippen LogP contribution in [0, 0.1) is 23.7 Å². The predicted molar refractivity (Wildman–Crippen MR) is 133 cm³/mol. The number of imide groups is 1. The number of halogens is 1. The van der Waals surface area contributed by atoms with Crippen LogP contribution < -0.4 is 15.5 Å². The fourth-order valence-corrected chi connectivity index (χ4v) is 4.92. The number of guanidine groups is 1. The molecule has 168 valence electrons. The molecule has 1 saturated heterocycles. The van der Waals surface area contributed by atoms with Crippen LogP contribution in [0.2, 0.25) is 0 Å². The van der Waals surface area contributed by atoms with Crippen molar-refractivity contribution in [3.63, 3.8) is 0 Å². The Morgan fingerprint density at radius 2 is 1.81 bits per heavy atom. The number of aliphatic imine (C=N–C) groups is 1. The first-order valence-corrected chi connectivity index (χ1v) is 10.8. The Kier molecular flexibility index (Phi) is 7.61. The van der Waals surface area contributed by atoms with Crippen molar-refractivity contribution in [2.24, 2.45) is 28.7 Å². The summed E-state index contributed by atoms with van der Waals surface area (Å²) in [7, 11) is 4.04. The van der Waals surface area contributed by atoms with Gasteiger partial charge in [-0.25, -0.2) is 4.99 Å². The van der Waals surface area contributed by atoms with Crippen molar-refractivity contribution < 1.29 is 9.59 Å². The number of hydrogen-bond donors (Lipinski definition) is 2. The first-order chi connectivity index (χ1) is 14.5. The maximum absolute atomic E-state index is 12.8. The topological polar surface area (TPSA) is 77.0 Å². The van der Waals surface area contributed by atoms with Crippen LogP contribution in [0.3, 0.4) is 0 Å². The number of carbonyl (C=O) groups is 2. The van der Waals surface area contributed by atoms with Gasteiger partial charge in [-0.1, -0.05) is 24.3 Å². The highest BCUT2D eigenvalue weighted by atomic mass is 127. The van der Waals surface area contributed by atoms with Gasteiger partial charge in [-0.2, -0.15) is 0 Å². The van der Waals surface area contributed by atoms with Gasteiger partial charge in [0.05, 0.1) is 18.4 Å². The molecule has 2 amide bonds. The molecular weight excluding hydrogens is 505 g/mol. The van der Waals surface area contributed by atoms with Crippen LogP contribution in [-0.2, 0) is 16.1 Å². The van der Waals surface area contributed by atoms with E-state index in [-0.39, 0.29) is 59.5 Å². The maximum atomic E-state index is 12.8. The van der Waals surface area contributed by atoms with Crippen LogP contribution in [0.15, 0.2) is 41.4 Å². The Morgan fingerprint density at radius 3 is 2.42 bits per heavy atom. The second-order valence-electron chi connectivity index (χ2n) is 8.51. The number of amides is 2. The Morgan fingerprint density at radius 1 is 1.13 bits per heavy atom. The van der Waals surface area contributed by atoms with E-state index in [1.807, 2.05) is 27.1 Å². The van der Waals surface area contributed by atoms with Crippen molar-refractivity contribution in [2.75, 3.05) is 38.6 Å². The van der Waals surface area contributed by atoms with E-state index in [1.165, 1.54) is 4.90 Å². The molecule has 7 nitrogen and oxygen atoms in total. The lowest BCUT2D eigenvalue weighted by Gasteiger charge is -2.18. The second kappa shape index (κ2) is 10.0. The number of fused-ring (bicyclic) bond motifs is 5. The molecule has 4 atom stereocenters. The molecule has 1 aromatic rings. The molecule has 31 heavy (non-hydrogen) atoms. The third kappa shape index (κ3) is 4.73. The van der Waals surface area contributed by atoms with Gasteiger partial charge in [0, 0.05) is 39.4 Å². The lowest BCUT2D eigenvalue weighted by molar-refractivity contribution is -0.140. The van der Waals surface area contributed by atoms with Crippen LogP contribution >= 0.6 is 24.0 Å². The molecule has 2 bridgehead atoms. The number of nitrogens with zero attached hydrogens (tertiary/aromatic N) is 3. The van der Waals surface area contributed by atoms with E-state index in [9.17, 15) is 9.59 Å². The normalized spacial score (nSPS) is 26.2. The largest absolute Gasteiger partial charge is 0.378 e. The standard InChI is InChI=1S/C23H31N5O2.HI/c1-4-24-23(26-14-15-6-5-7-18(12-15)27(2)3)25-10-11-28-21(29)19-16-8-9-17(13-16)20(19)22(28)30;/h5-9,12,16-17,19-20H,4,10-11,13-14H2,1-3H3,(H2,24,25,26);1H. The van der Waals surface area contributed by atoms with Gasteiger partial charge in [-0.3, -0.25) is 14.5 Å². The Bertz CT molecular complexity index is 854. The summed E-state index contributed by atoms with van der Waals surface area (Å²) in [4.78, 5) is 33.7. The lowest BCUT2D eigenvalue weighted by Crippen LogP contribution is -2.43. The van der Waals surface area contributed by atoms with Crippen LogP contribution in [0.4, 0.5) is 5.69 Å². The molecule has 4 unspecified atom stereocenters. The third-order valence-corrected chi connectivity index (χ3v) is 6.38. The summed E-state index contributed by atoms with van der Waals surface area (Å²) in [6.07, 6.45) is 5.21. The van der Waals surface area contributed by atoms with E-state index in [1.54, 1.807) is 0 Å². The summed E-state index contributed by atoms with van der Waals surface area (Å²) in [5.41, 5.74) is 2.26. The fourth-order valence-electron chi connectivity index (χ4n) is 4.92. The molecule has 8 heteroatoms. The third-order valence-electron chi connectivity index (χ3n) is 6.38. The summed E-state index contributed by atoms with van der Waals surface area (Å²) >= 11 is 0. The van der Waals surface area contributed by atoms with Crippen molar-refractivity contribution in [3.05, 3.63) is 42.0 Å². The van der Waals surface area contributed by atoms with Crippen LogP contribution in [0.25, 0.3) is 0 Å². The molecule has 0 radical (unpaired) electrons. The SMILES string of the molecule is CCNC(=NCc1cccc(N(C)C)c1)NCCN1C(=O)C2C3C=CC(C3)C2C1=O.I. The summed E-state index contributed by atoms with van der Waals surface area (Å²) in [5.74, 6) is 0.958. The summed E-state index contributed by atoms with van der Waals surface area (Å²) in [6, 6.07) is 8.28. The van der Waals surface area contributed by atoms with Gasteiger partial charge in [-0.05, 0) is 42.9 Å². The first kappa shape index (κ1) is 23.6. The average Bonchev–Trinajstić information content (AvgIpc) is 3.42. The minimum atomic E-state index is -0.127. The highest BCUT2D eigenvalue weighted by Crippen LogP contribution is 2.52. The Labute approximate surface area is 201 Å². The van der Waals surface area contributed by atoms with Crippen molar-refractivity contribution in [3.8, 4) is 0 Å². The quantitative estimate of drug-likeness (QED) is 0.184. The highest BCUT2D eigenvalue weighted by Gasteiger charge is 2.58. The van der Waals surface area contributed by atoms with Crippen LogP contribution in [-0.4, -0.2) is 56.4 Å². The number of benzene rings is 1. The maximum Gasteiger partial charge on any atom is 0.233 e. The first-order valence-electron chi connectivity index (χ1n) is 10.8. The molecule has 2 aliphatic carbocycles. The van der Waals surface area contributed by atoms with E-state index < -0.39 is 0 Å². The van der Waals surface area contributed by atoms with E-state index in [0.717, 1.165) is 24.2 Å². The monoisotopic (exact) mass is 537 g/mol. The molecule has 1 saturated carbocycles. The second-order valence-corrected chi connectivity index (χ2v) is 8.51. The Hall–Kier alpha value is -2.10.